The van der Waals surface area contributed by atoms with Gasteiger partial charge in [0.05, 0.1) is 12.2 Å². The molecule has 0 rings (SSSR count). The first-order valence-electron chi connectivity index (χ1n) is 10.2. The molecular weight excluding hydrogens is 423 g/mol. The number of carbonyl (C=O) groups excluding carboxylic acids is 1. The summed E-state index contributed by atoms with van der Waals surface area (Å²) < 4.78 is 35.1. The Kier molecular flexibility index (Phi) is 11.5. The average Bonchev–Trinajstić information content (AvgIpc) is 2.51. The molecule has 0 aliphatic rings. The molecule has 6 nitrogen and oxygen atoms in total. The lowest BCUT2D eigenvalue weighted by Crippen LogP contribution is -2.45. The molecule has 0 amide bonds. The zero-order valence-corrected chi connectivity index (χ0v) is 23.1. The lowest BCUT2D eigenvalue weighted by molar-refractivity contribution is -0.118. The second-order valence-electron chi connectivity index (χ2n) is 9.99. The SMILES string of the molecule is C=CC[C@H](C[C@@H](CC(=O)CP(=O)(OC)OC)O[Si](C)(C)C)O[Si](C)(C)C(C)(C)C. The third-order valence-electron chi connectivity index (χ3n) is 5.12. The van der Waals surface area contributed by atoms with Crippen molar-refractivity contribution >= 4 is 30.0 Å². The van der Waals surface area contributed by atoms with Crippen LogP contribution < -0.4 is 0 Å². The van der Waals surface area contributed by atoms with Crippen LogP contribution in [0.15, 0.2) is 12.7 Å². The van der Waals surface area contributed by atoms with Gasteiger partial charge in [-0.15, -0.1) is 6.58 Å². The third-order valence-corrected chi connectivity index (χ3v) is 12.6. The second kappa shape index (κ2) is 11.5. The quantitative estimate of drug-likeness (QED) is 0.177. The largest absolute Gasteiger partial charge is 0.414 e. The molecule has 0 aromatic rings. The van der Waals surface area contributed by atoms with Gasteiger partial charge in [0.25, 0.3) is 0 Å². The summed E-state index contributed by atoms with van der Waals surface area (Å²) in [5.74, 6) is -0.190. The highest BCUT2D eigenvalue weighted by atomic mass is 31.2. The van der Waals surface area contributed by atoms with Crippen LogP contribution in [-0.4, -0.2) is 55.0 Å². The van der Waals surface area contributed by atoms with Crippen molar-refractivity contribution in [3.8, 4) is 0 Å². The highest BCUT2D eigenvalue weighted by Gasteiger charge is 2.40. The molecule has 29 heavy (non-hydrogen) atoms. The lowest BCUT2D eigenvalue weighted by Gasteiger charge is -2.40. The van der Waals surface area contributed by atoms with Gasteiger partial charge in [-0.05, 0) is 50.6 Å². The Labute approximate surface area is 180 Å². The highest BCUT2D eigenvalue weighted by Crippen LogP contribution is 2.46. The van der Waals surface area contributed by atoms with E-state index in [1.165, 1.54) is 14.2 Å². The van der Waals surface area contributed by atoms with Crippen LogP contribution in [0.2, 0.25) is 37.8 Å². The Hall–Kier alpha value is -0.0862. The van der Waals surface area contributed by atoms with E-state index in [-0.39, 0.29) is 35.6 Å². The Balaban J connectivity index is 5.43. The Morgan fingerprint density at radius 3 is 1.93 bits per heavy atom. The van der Waals surface area contributed by atoms with Gasteiger partial charge in [0.2, 0.25) is 0 Å². The standard InChI is InChI=1S/C20H43O6PSi2/c1-12-13-18(26-29(10,11)20(2,3)4)15-19(25-28(7,8)9)14-17(21)16-27(22,23-5)24-6/h12,18-19H,1,13-16H2,2-11H3/t18-,19-/m1/s1. The van der Waals surface area contributed by atoms with Crippen molar-refractivity contribution < 1.29 is 27.3 Å². The molecule has 0 fully saturated rings. The zero-order chi connectivity index (χ0) is 23.1. The summed E-state index contributed by atoms with van der Waals surface area (Å²) in [4.78, 5) is 12.6. The number of carbonyl (C=O) groups is 1. The minimum absolute atomic E-state index is 0.0702. The van der Waals surface area contributed by atoms with Crippen molar-refractivity contribution in [1.29, 1.82) is 0 Å². The lowest BCUT2D eigenvalue weighted by atomic mass is 10.0. The van der Waals surface area contributed by atoms with Crippen molar-refractivity contribution in [2.75, 3.05) is 20.4 Å². The van der Waals surface area contributed by atoms with Crippen molar-refractivity contribution in [1.82, 2.24) is 0 Å². The molecule has 2 atom stereocenters. The number of rotatable bonds is 14. The van der Waals surface area contributed by atoms with E-state index >= 15 is 0 Å². The van der Waals surface area contributed by atoms with E-state index in [1.54, 1.807) is 0 Å². The summed E-state index contributed by atoms with van der Waals surface area (Å²) in [5, 5.41) is 0.0843. The summed E-state index contributed by atoms with van der Waals surface area (Å²) in [6.45, 7) is 21.2. The number of hydrogen-bond acceptors (Lipinski definition) is 6. The monoisotopic (exact) mass is 466 g/mol. The molecule has 0 heterocycles. The summed E-state index contributed by atoms with van der Waals surface area (Å²) in [5.41, 5.74) is 0. The van der Waals surface area contributed by atoms with Crippen molar-refractivity contribution in [2.45, 2.75) is 90.0 Å². The van der Waals surface area contributed by atoms with E-state index in [4.69, 9.17) is 17.9 Å². The molecule has 172 valence electrons. The molecule has 0 N–H and O–H groups in total. The molecule has 0 aromatic carbocycles. The van der Waals surface area contributed by atoms with Gasteiger partial charge in [-0.2, -0.15) is 0 Å². The molecule has 0 unspecified atom stereocenters. The normalized spacial score (nSPS) is 15.8. The van der Waals surface area contributed by atoms with E-state index in [0.29, 0.717) is 12.8 Å². The fraction of sp³-hybridized carbons (Fsp3) is 0.850. The maximum atomic E-state index is 12.6. The van der Waals surface area contributed by atoms with Gasteiger partial charge in [-0.25, -0.2) is 0 Å². The maximum Gasteiger partial charge on any atom is 0.337 e. The van der Waals surface area contributed by atoms with Gasteiger partial charge < -0.3 is 17.9 Å². The van der Waals surface area contributed by atoms with Gasteiger partial charge in [0.15, 0.2) is 16.6 Å². The summed E-state index contributed by atoms with van der Waals surface area (Å²) in [6, 6.07) is 0. The Morgan fingerprint density at radius 2 is 1.55 bits per heavy atom. The molecule has 0 aliphatic heterocycles. The van der Waals surface area contributed by atoms with Crippen LogP contribution in [0.4, 0.5) is 0 Å². The molecule has 0 aromatic heterocycles. The van der Waals surface area contributed by atoms with E-state index in [2.05, 4.69) is 60.1 Å². The van der Waals surface area contributed by atoms with Gasteiger partial charge in [-0.1, -0.05) is 26.8 Å². The van der Waals surface area contributed by atoms with Crippen molar-refractivity contribution in [3.05, 3.63) is 12.7 Å². The first-order chi connectivity index (χ1) is 13.0. The molecule has 0 saturated carbocycles. The van der Waals surface area contributed by atoms with Gasteiger partial charge in [-0.3, -0.25) is 9.36 Å². The van der Waals surface area contributed by atoms with E-state index in [9.17, 15) is 9.36 Å². The number of Topliss-reactive ketones (excluding diaryl/α,β-unsaturated/α-hetero) is 1. The van der Waals surface area contributed by atoms with Crippen LogP contribution in [0.5, 0.6) is 0 Å². The Morgan fingerprint density at radius 1 is 1.03 bits per heavy atom. The second-order valence-corrected chi connectivity index (χ2v) is 21.5. The van der Waals surface area contributed by atoms with Gasteiger partial charge in [0, 0.05) is 20.6 Å². The molecule has 9 heteroatoms. The van der Waals surface area contributed by atoms with Gasteiger partial charge >= 0.3 is 7.60 Å². The van der Waals surface area contributed by atoms with Crippen LogP contribution >= 0.6 is 7.60 Å². The molecule has 0 saturated heterocycles. The van der Waals surface area contributed by atoms with Crippen LogP contribution in [0, 0.1) is 0 Å². The third kappa shape index (κ3) is 11.2. The molecule has 0 bridgehead atoms. The minimum Gasteiger partial charge on any atom is -0.414 e. The zero-order valence-electron chi connectivity index (χ0n) is 20.2. The first-order valence-corrected chi connectivity index (χ1v) is 18.2. The minimum atomic E-state index is -3.38. The van der Waals surface area contributed by atoms with Crippen LogP contribution in [0.25, 0.3) is 0 Å². The molecule has 0 aliphatic carbocycles. The van der Waals surface area contributed by atoms with Crippen LogP contribution in [0.3, 0.4) is 0 Å². The Bertz CT molecular complexity index is 573. The first kappa shape index (κ1) is 28.9. The average molecular weight is 467 g/mol. The van der Waals surface area contributed by atoms with Crippen molar-refractivity contribution in [2.24, 2.45) is 0 Å². The fourth-order valence-corrected chi connectivity index (χ4v) is 6.20. The predicted octanol–water partition coefficient (Wildman–Crippen LogP) is 6.01. The van der Waals surface area contributed by atoms with E-state index < -0.39 is 24.2 Å². The highest BCUT2D eigenvalue weighted by molar-refractivity contribution is 7.54. The van der Waals surface area contributed by atoms with E-state index in [0.717, 1.165) is 0 Å². The van der Waals surface area contributed by atoms with Crippen molar-refractivity contribution in [3.63, 3.8) is 0 Å². The topological polar surface area (TPSA) is 71.1 Å². The molecule has 0 spiro atoms. The summed E-state index contributed by atoms with van der Waals surface area (Å²) in [6.07, 6.45) is 2.69. The smallest absolute Gasteiger partial charge is 0.337 e. The van der Waals surface area contributed by atoms with Gasteiger partial charge in [0.1, 0.15) is 11.9 Å². The maximum absolute atomic E-state index is 12.6. The molecular formula is C20H43O6PSi2. The summed E-state index contributed by atoms with van der Waals surface area (Å²) >= 11 is 0. The number of ketones is 1. The number of hydrogen-bond donors (Lipinski definition) is 0. The summed E-state index contributed by atoms with van der Waals surface area (Å²) in [7, 11) is -4.68. The van der Waals surface area contributed by atoms with E-state index in [1.807, 2.05) is 6.08 Å². The van der Waals surface area contributed by atoms with Crippen LogP contribution in [0.1, 0.15) is 40.0 Å². The van der Waals surface area contributed by atoms with Crippen LogP contribution in [-0.2, 0) is 27.3 Å². The predicted molar refractivity (Wildman–Crippen MR) is 126 cm³/mol. The molecule has 0 radical (unpaired) electrons. The fourth-order valence-electron chi connectivity index (χ4n) is 2.68.